The summed E-state index contributed by atoms with van der Waals surface area (Å²) in [7, 11) is 0. The van der Waals surface area contributed by atoms with E-state index in [1.54, 1.807) is 0 Å². The van der Waals surface area contributed by atoms with E-state index in [9.17, 15) is 1.37 Å². The lowest BCUT2D eigenvalue weighted by molar-refractivity contribution is 0.726. The minimum atomic E-state index is -0.803. The minimum Gasteiger partial charge on any atom is -0.252 e. The normalized spacial score (nSPS) is 13.9. The quantitative estimate of drug-likeness (QED) is 0.176. The zero-order valence-electron chi connectivity index (χ0n) is 40.5. The van der Waals surface area contributed by atoms with Crippen LogP contribution >= 0.6 is 11.3 Å². The molecule has 338 valence electrons. The first-order chi connectivity index (χ1) is 36.1. The summed E-state index contributed by atoms with van der Waals surface area (Å²) < 4.78 is 13.0. The lowest BCUT2D eigenvalue weighted by Crippen LogP contribution is -2.05. The van der Waals surface area contributed by atoms with Crippen LogP contribution in [-0.2, 0) is 0 Å². The number of nitrogens with zero attached hydrogens (tertiary/aromatic N) is 2. The van der Waals surface area contributed by atoms with Gasteiger partial charge in [-0.15, -0.1) is 11.3 Å². The van der Waals surface area contributed by atoms with E-state index >= 15 is 0 Å². The predicted octanol–water partition coefficient (Wildman–Crippen LogP) is 19.5. The summed E-state index contributed by atoms with van der Waals surface area (Å²) in [5.41, 5.74) is 25.5. The molecule has 3 aliphatic carbocycles. The fourth-order valence-electron chi connectivity index (χ4n) is 12.4. The Balaban J connectivity index is 0.934. The lowest BCUT2D eigenvalue weighted by atomic mass is 9.79. The summed E-state index contributed by atoms with van der Waals surface area (Å²) in [6.45, 7) is 0. The van der Waals surface area contributed by atoms with Crippen molar-refractivity contribution in [3.05, 3.63) is 230 Å². The van der Waals surface area contributed by atoms with Gasteiger partial charge < -0.3 is 0 Å². The van der Waals surface area contributed by atoms with Gasteiger partial charge in [-0.25, -0.2) is 4.98 Å². The van der Waals surface area contributed by atoms with Gasteiger partial charge in [0.1, 0.15) is 0 Å². The van der Waals surface area contributed by atoms with Crippen LogP contribution < -0.4 is 0 Å². The van der Waals surface area contributed by atoms with Crippen LogP contribution in [0.4, 0.5) is 0 Å². The Kier molecular flexibility index (Phi) is 9.25. The lowest BCUT2D eigenvalue weighted by Gasteiger charge is -2.25. The van der Waals surface area contributed by atoms with E-state index in [4.69, 9.17) is 9.97 Å². The van der Waals surface area contributed by atoms with Crippen molar-refractivity contribution < 1.29 is 1.37 Å². The van der Waals surface area contributed by atoms with Crippen LogP contribution in [0.1, 0.15) is 38.5 Å². The van der Waals surface area contributed by atoms with E-state index in [1.807, 2.05) is 17.5 Å². The molecular formula is C69H46N2S. The molecule has 0 saturated heterocycles. The highest BCUT2D eigenvalue weighted by Gasteiger charge is 2.30. The average Bonchev–Trinajstić information content (AvgIpc) is 4.08. The molecule has 2 heterocycles. The van der Waals surface area contributed by atoms with E-state index < -0.39 is 5.89 Å². The maximum absolute atomic E-state index is 10.4. The molecule has 0 bridgehead atoms. The van der Waals surface area contributed by atoms with Gasteiger partial charge in [-0.2, -0.15) is 0 Å². The number of rotatable bonds is 4. The molecule has 10 aromatic carbocycles. The molecule has 1 saturated carbocycles. The molecule has 12 aromatic rings. The molecule has 3 aliphatic rings. The molecule has 0 aliphatic heterocycles. The molecule has 0 spiro atoms. The predicted molar refractivity (Wildman–Crippen MR) is 303 cm³/mol. The van der Waals surface area contributed by atoms with Gasteiger partial charge in [-0.1, -0.05) is 213 Å². The van der Waals surface area contributed by atoms with Crippen molar-refractivity contribution in [2.24, 2.45) is 0 Å². The molecule has 0 unspecified atom stereocenters. The first-order valence-corrected chi connectivity index (χ1v) is 26.1. The third-order valence-corrected chi connectivity index (χ3v) is 16.8. The molecule has 2 aromatic heterocycles. The summed E-state index contributed by atoms with van der Waals surface area (Å²) in [6, 6.07) is 80.0. The number of fused-ring (bicyclic) bond motifs is 19. The Bertz CT molecular complexity index is 4240. The smallest absolute Gasteiger partial charge is 0.0979 e. The monoisotopic (exact) mass is 935 g/mol. The topological polar surface area (TPSA) is 25.8 Å². The van der Waals surface area contributed by atoms with E-state index in [2.05, 4.69) is 218 Å². The summed E-state index contributed by atoms with van der Waals surface area (Å²) in [4.78, 5) is 11.3. The standard InChI is InChI=1S/C69H46N2S/c1-2-18-42(17-1)66-45(43-35-37-56-51-23-6-5-21-49(51)47-19-3-4-20-48(47)50-22-7-9-26-54(50)62(56)39-43)30-15-33-61(66)64-41-70-67-59-38-36-44(46-31-16-32-60-57-28-13-14-34-65(57)72-69(46)60)40-63(59)55-27-10-8-24-52(55)53-25-11-12-29-58(53)68(67)71-64/h3-16,19-42H,1-2,17-18H2/i42D. The van der Waals surface area contributed by atoms with Crippen molar-refractivity contribution in [2.75, 3.05) is 0 Å². The molecule has 15 rings (SSSR count). The molecule has 3 heteroatoms. The Labute approximate surface area is 425 Å². The zero-order chi connectivity index (χ0) is 48.2. The number of hydrogen-bond donors (Lipinski definition) is 0. The minimum absolute atomic E-state index is 0.787. The Morgan fingerprint density at radius 1 is 0.361 bits per heavy atom. The van der Waals surface area contributed by atoms with Gasteiger partial charge in [0.25, 0.3) is 0 Å². The van der Waals surface area contributed by atoms with Gasteiger partial charge in [-0.05, 0) is 132 Å². The highest BCUT2D eigenvalue weighted by atomic mass is 32.1. The number of benzene rings is 10. The van der Waals surface area contributed by atoms with E-state index in [0.717, 1.165) is 87.3 Å². The van der Waals surface area contributed by atoms with Crippen molar-refractivity contribution in [3.8, 4) is 123 Å². The molecule has 0 radical (unpaired) electrons. The SMILES string of the molecule is [2H]C1(c2c(-c3ccc4c(c3)-c3ccccc3-c3ccccc3-c3ccccc3-4)cccc2-c2cnc3c(n2)-c2ccccc2-c2ccccc2-c2cc(-c4cccc5c4sc4ccccc45)ccc2-3)CCCC1. The highest BCUT2D eigenvalue weighted by Crippen LogP contribution is 2.52. The van der Waals surface area contributed by atoms with Gasteiger partial charge in [-0.3, -0.25) is 4.98 Å². The van der Waals surface area contributed by atoms with Gasteiger partial charge in [0.05, 0.1) is 23.3 Å². The van der Waals surface area contributed by atoms with Crippen LogP contribution in [0.25, 0.3) is 143 Å². The second-order valence-electron chi connectivity index (χ2n) is 19.5. The number of thiophene rings is 1. The molecule has 0 atom stereocenters. The number of aromatic nitrogens is 2. The molecule has 72 heavy (non-hydrogen) atoms. The van der Waals surface area contributed by atoms with Crippen LogP contribution in [0.2, 0.25) is 0 Å². The van der Waals surface area contributed by atoms with Crippen molar-refractivity contribution in [3.63, 3.8) is 0 Å². The van der Waals surface area contributed by atoms with Crippen LogP contribution in [-0.4, -0.2) is 9.97 Å². The second-order valence-corrected chi connectivity index (χ2v) is 20.6. The van der Waals surface area contributed by atoms with Gasteiger partial charge in [0, 0.05) is 38.2 Å². The van der Waals surface area contributed by atoms with Crippen LogP contribution in [0.3, 0.4) is 0 Å². The largest absolute Gasteiger partial charge is 0.252 e. The highest BCUT2D eigenvalue weighted by molar-refractivity contribution is 7.26. The Hall–Kier alpha value is -8.50. The molecule has 1 fully saturated rings. The summed E-state index contributed by atoms with van der Waals surface area (Å²) in [5, 5.41) is 2.59. The van der Waals surface area contributed by atoms with Crippen molar-refractivity contribution in [2.45, 2.75) is 31.6 Å². The summed E-state index contributed by atoms with van der Waals surface area (Å²) in [5.74, 6) is -0.803. The third-order valence-electron chi connectivity index (χ3n) is 15.6. The van der Waals surface area contributed by atoms with E-state index in [-0.39, 0.29) is 0 Å². The first-order valence-electron chi connectivity index (χ1n) is 25.8. The molecule has 0 amide bonds. The van der Waals surface area contributed by atoms with Crippen LogP contribution in [0.5, 0.6) is 0 Å². The van der Waals surface area contributed by atoms with Gasteiger partial charge in [0.15, 0.2) is 0 Å². The Morgan fingerprint density at radius 2 is 0.778 bits per heavy atom. The van der Waals surface area contributed by atoms with Crippen molar-refractivity contribution >= 4 is 31.5 Å². The second kappa shape index (κ2) is 16.6. The van der Waals surface area contributed by atoms with Crippen molar-refractivity contribution in [1.82, 2.24) is 9.97 Å². The third kappa shape index (κ3) is 6.40. The summed E-state index contributed by atoms with van der Waals surface area (Å²) in [6.07, 6.45) is 5.60. The van der Waals surface area contributed by atoms with Gasteiger partial charge >= 0.3 is 0 Å². The average molecular weight is 936 g/mol. The molecular weight excluding hydrogens is 889 g/mol. The van der Waals surface area contributed by atoms with Crippen molar-refractivity contribution in [1.29, 1.82) is 0 Å². The Morgan fingerprint density at radius 3 is 1.40 bits per heavy atom. The van der Waals surface area contributed by atoms with E-state index in [0.29, 0.717) is 0 Å². The molecule has 2 nitrogen and oxygen atoms in total. The fourth-order valence-corrected chi connectivity index (χ4v) is 13.6. The van der Waals surface area contributed by atoms with E-state index in [1.165, 1.54) is 86.9 Å². The fraction of sp³-hybridized carbons (Fsp3) is 0.0725. The first kappa shape index (κ1) is 40.3. The zero-order valence-corrected chi connectivity index (χ0v) is 40.3. The van der Waals surface area contributed by atoms with Gasteiger partial charge in [0.2, 0.25) is 0 Å². The maximum Gasteiger partial charge on any atom is 0.0979 e. The number of hydrogen-bond acceptors (Lipinski definition) is 3. The summed E-state index contributed by atoms with van der Waals surface area (Å²) >= 11 is 1.87. The maximum atomic E-state index is 10.4. The molecule has 0 N–H and O–H groups in total. The van der Waals surface area contributed by atoms with Crippen LogP contribution in [0.15, 0.2) is 225 Å². The van der Waals surface area contributed by atoms with Crippen LogP contribution in [0, 0.1) is 0 Å².